The van der Waals surface area contributed by atoms with Crippen molar-refractivity contribution < 1.29 is 9.53 Å². The van der Waals surface area contributed by atoms with E-state index in [0.29, 0.717) is 42.8 Å². The van der Waals surface area contributed by atoms with Gasteiger partial charge in [-0.2, -0.15) is 0 Å². The molecular formula is C11H14ClN3O2. The molecule has 2 heterocycles. The number of halogens is 1. The molecule has 0 bridgehead atoms. The predicted octanol–water partition coefficient (Wildman–Crippen LogP) is 1.25. The van der Waals surface area contributed by atoms with Gasteiger partial charge in [0.15, 0.2) is 0 Å². The second-order valence-corrected chi connectivity index (χ2v) is 4.11. The molecule has 92 valence electrons. The molecule has 6 heteroatoms. The van der Waals surface area contributed by atoms with Gasteiger partial charge in [-0.05, 0) is 12.1 Å². The Balaban J connectivity index is 2.20. The van der Waals surface area contributed by atoms with Crippen molar-refractivity contribution in [2.45, 2.75) is 0 Å². The van der Waals surface area contributed by atoms with E-state index < -0.39 is 0 Å². The van der Waals surface area contributed by atoms with Crippen LogP contribution in [0.5, 0.6) is 0 Å². The minimum Gasteiger partial charge on any atom is -0.378 e. The first-order valence-electron chi connectivity index (χ1n) is 5.43. The van der Waals surface area contributed by atoms with Gasteiger partial charge in [-0.25, -0.2) is 4.98 Å². The number of nitrogens with one attached hydrogen (secondary N) is 1. The maximum Gasteiger partial charge on any atom is 0.254 e. The van der Waals surface area contributed by atoms with Gasteiger partial charge in [0.25, 0.3) is 5.91 Å². The molecule has 0 unspecified atom stereocenters. The normalized spacial score (nSPS) is 15.8. The quantitative estimate of drug-likeness (QED) is 0.808. The highest BCUT2D eigenvalue weighted by Gasteiger charge is 2.19. The summed E-state index contributed by atoms with van der Waals surface area (Å²) in [6, 6.07) is 3.28. The Labute approximate surface area is 105 Å². The molecule has 0 aromatic carbocycles. The SMILES string of the molecule is CNc1cc(C(=O)N2CCOCC2)cc(Cl)n1. The molecule has 0 radical (unpaired) electrons. The maximum atomic E-state index is 12.2. The van der Waals surface area contributed by atoms with E-state index >= 15 is 0 Å². The zero-order valence-corrected chi connectivity index (χ0v) is 10.3. The lowest BCUT2D eigenvalue weighted by atomic mass is 10.2. The molecule has 1 aromatic rings. The monoisotopic (exact) mass is 255 g/mol. The number of anilines is 1. The number of rotatable bonds is 2. The maximum absolute atomic E-state index is 12.2. The number of carbonyl (C=O) groups is 1. The van der Waals surface area contributed by atoms with Crippen LogP contribution >= 0.6 is 11.6 Å². The van der Waals surface area contributed by atoms with Crippen LogP contribution in [0.2, 0.25) is 5.15 Å². The molecule has 1 aromatic heterocycles. The largest absolute Gasteiger partial charge is 0.378 e. The molecule has 0 aliphatic carbocycles. The summed E-state index contributed by atoms with van der Waals surface area (Å²) in [6.45, 7) is 2.41. The second-order valence-electron chi connectivity index (χ2n) is 3.72. The molecule has 0 atom stereocenters. The minimum atomic E-state index is -0.0332. The van der Waals surface area contributed by atoms with Crippen LogP contribution in [0, 0.1) is 0 Å². The summed E-state index contributed by atoms with van der Waals surface area (Å²) in [5.41, 5.74) is 0.552. The van der Waals surface area contributed by atoms with Crippen LogP contribution in [0.1, 0.15) is 10.4 Å². The van der Waals surface area contributed by atoms with Crippen molar-refractivity contribution in [1.29, 1.82) is 0 Å². The van der Waals surface area contributed by atoms with Gasteiger partial charge in [0.2, 0.25) is 0 Å². The number of ether oxygens (including phenoxy) is 1. The van der Waals surface area contributed by atoms with E-state index in [1.165, 1.54) is 0 Å². The number of morpholine rings is 1. The Morgan fingerprint density at radius 3 is 2.82 bits per heavy atom. The van der Waals surface area contributed by atoms with Gasteiger partial charge in [0.1, 0.15) is 11.0 Å². The first kappa shape index (κ1) is 12.1. The van der Waals surface area contributed by atoms with Gasteiger partial charge in [0, 0.05) is 25.7 Å². The summed E-state index contributed by atoms with van der Waals surface area (Å²) >= 11 is 5.87. The molecule has 17 heavy (non-hydrogen) atoms. The van der Waals surface area contributed by atoms with E-state index in [1.54, 1.807) is 24.1 Å². The van der Waals surface area contributed by atoms with Crippen LogP contribution in [-0.2, 0) is 4.74 Å². The first-order chi connectivity index (χ1) is 8.20. The summed E-state index contributed by atoms with van der Waals surface area (Å²) < 4.78 is 5.21. The average molecular weight is 256 g/mol. The Kier molecular flexibility index (Phi) is 3.81. The molecular weight excluding hydrogens is 242 g/mol. The summed E-state index contributed by atoms with van der Waals surface area (Å²) in [5.74, 6) is 0.559. The topological polar surface area (TPSA) is 54.5 Å². The number of hydrogen-bond donors (Lipinski definition) is 1. The van der Waals surface area contributed by atoms with Crippen LogP contribution in [0.4, 0.5) is 5.82 Å². The van der Waals surface area contributed by atoms with E-state index in [2.05, 4.69) is 10.3 Å². The average Bonchev–Trinajstić information content (AvgIpc) is 2.38. The van der Waals surface area contributed by atoms with Crippen LogP contribution < -0.4 is 5.32 Å². The van der Waals surface area contributed by atoms with Crippen LogP contribution in [0.25, 0.3) is 0 Å². The number of carbonyl (C=O) groups excluding carboxylic acids is 1. The van der Waals surface area contributed by atoms with Gasteiger partial charge < -0.3 is 15.0 Å². The number of nitrogens with zero attached hydrogens (tertiary/aromatic N) is 2. The first-order valence-corrected chi connectivity index (χ1v) is 5.81. The van der Waals surface area contributed by atoms with E-state index in [0.717, 1.165) is 0 Å². The highest BCUT2D eigenvalue weighted by molar-refractivity contribution is 6.29. The number of hydrogen-bond acceptors (Lipinski definition) is 4. The minimum absolute atomic E-state index is 0.0332. The third-order valence-electron chi connectivity index (χ3n) is 2.60. The zero-order valence-electron chi connectivity index (χ0n) is 9.57. The van der Waals surface area contributed by atoms with Crippen molar-refractivity contribution in [2.24, 2.45) is 0 Å². The van der Waals surface area contributed by atoms with Crippen LogP contribution in [0.3, 0.4) is 0 Å². The standard InChI is InChI=1S/C11H14ClN3O2/c1-13-10-7-8(6-9(12)14-10)11(16)15-2-4-17-5-3-15/h6-7H,2-5H2,1H3,(H,13,14). The Morgan fingerprint density at radius 2 is 2.18 bits per heavy atom. The lowest BCUT2D eigenvalue weighted by Crippen LogP contribution is -2.40. The Bertz CT molecular complexity index is 419. The van der Waals surface area contributed by atoms with Crippen molar-refractivity contribution in [3.63, 3.8) is 0 Å². The van der Waals surface area contributed by atoms with Crippen molar-refractivity contribution >= 4 is 23.3 Å². The summed E-state index contributed by atoms with van der Waals surface area (Å²) in [6.07, 6.45) is 0. The molecule has 1 aliphatic heterocycles. The molecule has 1 saturated heterocycles. The van der Waals surface area contributed by atoms with Gasteiger partial charge in [-0.3, -0.25) is 4.79 Å². The van der Waals surface area contributed by atoms with E-state index in [9.17, 15) is 4.79 Å². The highest BCUT2D eigenvalue weighted by atomic mass is 35.5. The van der Waals surface area contributed by atoms with Crippen LogP contribution in [-0.4, -0.2) is 49.1 Å². The van der Waals surface area contributed by atoms with Crippen LogP contribution in [0.15, 0.2) is 12.1 Å². The Hall–Kier alpha value is -1.33. The van der Waals surface area contributed by atoms with Crippen molar-refractivity contribution in [3.05, 3.63) is 22.8 Å². The van der Waals surface area contributed by atoms with Crippen molar-refractivity contribution in [1.82, 2.24) is 9.88 Å². The van der Waals surface area contributed by atoms with Gasteiger partial charge >= 0.3 is 0 Å². The van der Waals surface area contributed by atoms with Crippen molar-refractivity contribution in [3.8, 4) is 0 Å². The summed E-state index contributed by atoms with van der Waals surface area (Å²) in [4.78, 5) is 18.0. The third kappa shape index (κ3) is 2.87. The van der Waals surface area contributed by atoms with E-state index in [1.807, 2.05) is 0 Å². The highest BCUT2D eigenvalue weighted by Crippen LogP contribution is 2.16. The molecule has 1 amide bonds. The lowest BCUT2D eigenvalue weighted by Gasteiger charge is -2.27. The molecule has 0 spiro atoms. The fraction of sp³-hybridized carbons (Fsp3) is 0.455. The lowest BCUT2D eigenvalue weighted by molar-refractivity contribution is 0.0303. The van der Waals surface area contributed by atoms with Gasteiger partial charge in [-0.1, -0.05) is 11.6 Å². The molecule has 2 rings (SSSR count). The molecule has 1 fully saturated rings. The third-order valence-corrected chi connectivity index (χ3v) is 2.79. The second kappa shape index (κ2) is 5.33. The molecule has 1 aliphatic rings. The summed E-state index contributed by atoms with van der Waals surface area (Å²) in [5, 5.41) is 3.19. The Morgan fingerprint density at radius 1 is 1.47 bits per heavy atom. The number of amides is 1. The number of pyridine rings is 1. The molecule has 0 saturated carbocycles. The molecule has 1 N–H and O–H groups in total. The number of aromatic nitrogens is 1. The van der Waals surface area contributed by atoms with E-state index in [-0.39, 0.29) is 5.91 Å². The van der Waals surface area contributed by atoms with Gasteiger partial charge in [-0.15, -0.1) is 0 Å². The van der Waals surface area contributed by atoms with Gasteiger partial charge in [0.05, 0.1) is 13.2 Å². The fourth-order valence-corrected chi connectivity index (χ4v) is 1.91. The fourth-order valence-electron chi connectivity index (χ4n) is 1.70. The van der Waals surface area contributed by atoms with E-state index in [4.69, 9.17) is 16.3 Å². The van der Waals surface area contributed by atoms with Crippen molar-refractivity contribution in [2.75, 3.05) is 38.7 Å². The smallest absolute Gasteiger partial charge is 0.254 e. The molecule has 5 nitrogen and oxygen atoms in total. The summed E-state index contributed by atoms with van der Waals surface area (Å²) in [7, 11) is 1.74. The zero-order chi connectivity index (χ0) is 12.3. The predicted molar refractivity (Wildman–Crippen MR) is 65.5 cm³/mol.